The van der Waals surface area contributed by atoms with Gasteiger partial charge in [-0.1, -0.05) is 0 Å². The maximum absolute atomic E-state index is 12.8. The second kappa shape index (κ2) is 7.02. The van der Waals surface area contributed by atoms with Crippen LogP contribution in [0.4, 0.5) is 5.82 Å². The molecule has 0 spiro atoms. The molecular weight excluding hydrogens is 384 g/mol. The molecule has 1 aliphatic rings. The average Bonchev–Trinajstić information content (AvgIpc) is 3.30. The van der Waals surface area contributed by atoms with Crippen molar-refractivity contribution in [3.63, 3.8) is 0 Å². The first kappa shape index (κ1) is 18.1. The summed E-state index contributed by atoms with van der Waals surface area (Å²) in [5.41, 5.74) is 0. The maximum atomic E-state index is 12.8. The Hall–Kier alpha value is -2.30. The van der Waals surface area contributed by atoms with Crippen LogP contribution < -0.4 is 4.90 Å². The number of rotatable bonds is 4. The second-order valence-electron chi connectivity index (χ2n) is 6.34. The summed E-state index contributed by atoms with van der Waals surface area (Å²) in [5, 5.41) is 0. The molecule has 0 aromatic carbocycles. The Kier molecular flexibility index (Phi) is 4.70. The molecule has 0 bridgehead atoms. The topological polar surface area (TPSA) is 84.2 Å². The van der Waals surface area contributed by atoms with Crippen LogP contribution in [0.25, 0.3) is 5.82 Å². The first-order chi connectivity index (χ1) is 12.9. The number of aryl methyl sites for hydroxylation is 2. The Morgan fingerprint density at radius 1 is 1.00 bits per heavy atom. The first-order valence-corrected chi connectivity index (χ1v) is 10.8. The lowest BCUT2D eigenvalue weighted by atomic mass is 10.3. The summed E-state index contributed by atoms with van der Waals surface area (Å²) in [7, 11) is -3.42. The van der Waals surface area contributed by atoms with Crippen LogP contribution >= 0.6 is 11.3 Å². The van der Waals surface area contributed by atoms with Crippen LogP contribution in [0.5, 0.6) is 0 Å². The summed E-state index contributed by atoms with van der Waals surface area (Å²) in [5.74, 6) is 2.39. The highest BCUT2D eigenvalue weighted by Crippen LogP contribution is 2.26. The molecule has 142 valence electrons. The summed E-state index contributed by atoms with van der Waals surface area (Å²) < 4.78 is 29.4. The van der Waals surface area contributed by atoms with Crippen molar-refractivity contribution >= 4 is 27.2 Å². The van der Waals surface area contributed by atoms with Crippen LogP contribution in [0.3, 0.4) is 0 Å². The van der Waals surface area contributed by atoms with E-state index in [2.05, 4.69) is 19.9 Å². The van der Waals surface area contributed by atoms with Crippen molar-refractivity contribution < 1.29 is 8.42 Å². The third-order valence-corrected chi connectivity index (χ3v) is 7.95. The highest BCUT2D eigenvalue weighted by atomic mass is 32.2. The molecule has 0 N–H and O–H groups in total. The minimum atomic E-state index is -3.42. The van der Waals surface area contributed by atoms with Crippen LogP contribution in [0.1, 0.15) is 10.7 Å². The molecule has 1 aliphatic heterocycles. The molecule has 0 saturated carbocycles. The van der Waals surface area contributed by atoms with E-state index in [0.717, 1.165) is 22.3 Å². The van der Waals surface area contributed by atoms with E-state index in [1.807, 2.05) is 36.7 Å². The summed E-state index contributed by atoms with van der Waals surface area (Å²) in [6, 6.07) is 5.43. The van der Waals surface area contributed by atoms with Gasteiger partial charge in [0.05, 0.1) is 0 Å². The van der Waals surface area contributed by atoms with Gasteiger partial charge in [0, 0.05) is 49.5 Å². The molecule has 27 heavy (non-hydrogen) atoms. The predicted octanol–water partition coefficient (Wildman–Crippen LogP) is 1.85. The molecule has 3 aromatic heterocycles. The van der Waals surface area contributed by atoms with E-state index in [4.69, 9.17) is 0 Å². The largest absolute Gasteiger partial charge is 0.354 e. The monoisotopic (exact) mass is 404 g/mol. The van der Waals surface area contributed by atoms with Gasteiger partial charge in [-0.15, -0.1) is 11.3 Å². The minimum absolute atomic E-state index is 0.411. The van der Waals surface area contributed by atoms with E-state index < -0.39 is 10.0 Å². The Balaban J connectivity index is 1.49. The fraction of sp³-hybridized carbons (Fsp3) is 0.353. The molecule has 0 radical (unpaired) electrons. The molecular formula is C17H20N6O2S2. The number of imidazole rings is 1. The van der Waals surface area contributed by atoms with E-state index in [-0.39, 0.29) is 0 Å². The average molecular weight is 405 g/mol. The minimum Gasteiger partial charge on any atom is -0.354 e. The molecule has 8 nitrogen and oxygen atoms in total. The van der Waals surface area contributed by atoms with E-state index >= 15 is 0 Å². The molecule has 0 atom stereocenters. The van der Waals surface area contributed by atoms with Crippen molar-refractivity contribution in [3.05, 3.63) is 47.6 Å². The molecule has 10 heteroatoms. The summed E-state index contributed by atoms with van der Waals surface area (Å²) in [6.45, 7) is 5.87. The van der Waals surface area contributed by atoms with Crippen molar-refractivity contribution in [2.24, 2.45) is 0 Å². The standard InChI is InChI=1S/C17H20N6O2S2/c1-13-3-4-17(26-13)27(24,25)22-9-7-21(8-10-22)15-11-16(20-12-19-15)23-6-5-18-14(23)2/h3-6,11-12H,7-10H2,1-2H3. The zero-order chi connectivity index (χ0) is 19.0. The van der Waals surface area contributed by atoms with Crippen LogP contribution in [0.2, 0.25) is 0 Å². The first-order valence-electron chi connectivity index (χ1n) is 8.59. The van der Waals surface area contributed by atoms with Crippen molar-refractivity contribution in [1.29, 1.82) is 0 Å². The predicted molar refractivity (Wildman–Crippen MR) is 104 cm³/mol. The Morgan fingerprint density at radius 2 is 1.74 bits per heavy atom. The molecule has 1 fully saturated rings. The van der Waals surface area contributed by atoms with Gasteiger partial charge in [-0.25, -0.2) is 23.4 Å². The van der Waals surface area contributed by atoms with Crippen LogP contribution in [-0.4, -0.2) is 58.4 Å². The van der Waals surface area contributed by atoms with Gasteiger partial charge in [-0.3, -0.25) is 4.57 Å². The highest BCUT2D eigenvalue weighted by molar-refractivity contribution is 7.91. The zero-order valence-corrected chi connectivity index (χ0v) is 16.7. The molecule has 4 rings (SSSR count). The van der Waals surface area contributed by atoms with E-state index in [1.165, 1.54) is 17.7 Å². The number of sulfonamides is 1. The number of hydrogen-bond donors (Lipinski definition) is 0. The van der Waals surface area contributed by atoms with Gasteiger partial charge in [0.25, 0.3) is 10.0 Å². The van der Waals surface area contributed by atoms with E-state index in [0.29, 0.717) is 30.4 Å². The summed E-state index contributed by atoms with van der Waals surface area (Å²) >= 11 is 1.31. The number of hydrogen-bond acceptors (Lipinski definition) is 7. The van der Waals surface area contributed by atoms with Gasteiger partial charge in [0.1, 0.15) is 28.0 Å². The van der Waals surface area contributed by atoms with Crippen molar-refractivity contribution in [1.82, 2.24) is 23.8 Å². The van der Waals surface area contributed by atoms with E-state index in [1.54, 1.807) is 16.6 Å². The number of nitrogens with zero attached hydrogens (tertiary/aromatic N) is 6. The summed E-state index contributed by atoms with van der Waals surface area (Å²) in [6.07, 6.45) is 5.11. The lowest BCUT2D eigenvalue weighted by Crippen LogP contribution is -2.48. The van der Waals surface area contributed by atoms with Gasteiger partial charge in [-0.2, -0.15) is 4.31 Å². The lowest BCUT2D eigenvalue weighted by Gasteiger charge is -2.34. The Labute approximate surface area is 162 Å². The van der Waals surface area contributed by atoms with E-state index in [9.17, 15) is 8.42 Å². The molecule has 0 aliphatic carbocycles. The quantitative estimate of drug-likeness (QED) is 0.660. The number of piperazine rings is 1. The SMILES string of the molecule is Cc1ccc(S(=O)(=O)N2CCN(c3cc(-n4ccnc4C)ncn3)CC2)s1. The second-order valence-corrected chi connectivity index (χ2v) is 9.79. The highest BCUT2D eigenvalue weighted by Gasteiger charge is 2.30. The Morgan fingerprint density at radius 3 is 2.37 bits per heavy atom. The zero-order valence-electron chi connectivity index (χ0n) is 15.1. The molecule has 0 amide bonds. The van der Waals surface area contributed by atoms with Gasteiger partial charge < -0.3 is 4.90 Å². The molecule has 3 aromatic rings. The number of thiophene rings is 1. The number of anilines is 1. The van der Waals surface area contributed by atoms with Crippen LogP contribution in [0, 0.1) is 13.8 Å². The van der Waals surface area contributed by atoms with Crippen LogP contribution in [-0.2, 0) is 10.0 Å². The Bertz CT molecular complexity index is 1050. The van der Waals surface area contributed by atoms with Crippen molar-refractivity contribution in [2.45, 2.75) is 18.1 Å². The lowest BCUT2D eigenvalue weighted by molar-refractivity contribution is 0.384. The fourth-order valence-corrected chi connectivity index (χ4v) is 5.96. The van der Waals surface area contributed by atoms with Gasteiger partial charge in [0.15, 0.2) is 0 Å². The van der Waals surface area contributed by atoms with Crippen LogP contribution in [0.15, 0.2) is 41.1 Å². The van der Waals surface area contributed by atoms with Crippen molar-refractivity contribution in [3.8, 4) is 5.82 Å². The molecule has 0 unspecified atom stereocenters. The smallest absolute Gasteiger partial charge is 0.252 e. The van der Waals surface area contributed by atoms with Gasteiger partial charge in [0.2, 0.25) is 0 Å². The summed E-state index contributed by atoms with van der Waals surface area (Å²) in [4.78, 5) is 16.0. The van der Waals surface area contributed by atoms with Gasteiger partial charge >= 0.3 is 0 Å². The third-order valence-electron chi connectivity index (χ3n) is 4.58. The normalized spacial score (nSPS) is 16.0. The third kappa shape index (κ3) is 3.47. The molecule has 1 saturated heterocycles. The molecule has 4 heterocycles. The number of aromatic nitrogens is 4. The van der Waals surface area contributed by atoms with Crippen molar-refractivity contribution in [2.75, 3.05) is 31.1 Å². The maximum Gasteiger partial charge on any atom is 0.252 e. The fourth-order valence-electron chi connectivity index (χ4n) is 3.10. The van der Waals surface area contributed by atoms with Gasteiger partial charge in [-0.05, 0) is 26.0 Å².